The molecule has 0 aliphatic carbocycles. The van der Waals surface area contributed by atoms with Crippen LogP contribution in [-0.2, 0) is 14.9 Å². The second kappa shape index (κ2) is 12.4. The summed E-state index contributed by atoms with van der Waals surface area (Å²) in [6.45, 7) is 6.89. The first-order valence-electron chi connectivity index (χ1n) is 9.92. The van der Waals surface area contributed by atoms with Gasteiger partial charge in [0.15, 0.2) is 0 Å². The van der Waals surface area contributed by atoms with Gasteiger partial charge < -0.3 is 29.2 Å². The minimum Gasteiger partial charge on any atom is -0.491 e. The fourth-order valence-corrected chi connectivity index (χ4v) is 2.87. The van der Waals surface area contributed by atoms with Gasteiger partial charge in [0.1, 0.15) is 24.7 Å². The molecule has 0 radical (unpaired) electrons. The summed E-state index contributed by atoms with van der Waals surface area (Å²) in [4.78, 5) is 0. The van der Waals surface area contributed by atoms with E-state index in [0.717, 1.165) is 11.5 Å². The summed E-state index contributed by atoms with van der Waals surface area (Å²) in [6, 6.07) is 16.2. The summed E-state index contributed by atoms with van der Waals surface area (Å²) >= 11 is 0. The van der Waals surface area contributed by atoms with Gasteiger partial charge in [-0.05, 0) is 35.4 Å². The lowest BCUT2D eigenvalue weighted by atomic mass is 9.78. The predicted molar refractivity (Wildman–Crippen MR) is 112 cm³/mol. The third kappa shape index (κ3) is 7.66. The van der Waals surface area contributed by atoms with E-state index in [1.54, 1.807) is 0 Å². The van der Waals surface area contributed by atoms with Crippen LogP contribution in [0.3, 0.4) is 0 Å². The number of hydrogen-bond acceptors (Lipinski definition) is 6. The zero-order valence-corrected chi connectivity index (χ0v) is 17.3. The lowest BCUT2D eigenvalue weighted by Gasteiger charge is -2.26. The molecule has 0 amide bonds. The van der Waals surface area contributed by atoms with E-state index in [1.807, 2.05) is 24.3 Å². The van der Waals surface area contributed by atoms with Gasteiger partial charge in [-0.25, -0.2) is 0 Å². The Morgan fingerprint density at radius 2 is 0.966 bits per heavy atom. The number of aliphatic hydroxyl groups is 2. The smallest absolute Gasteiger partial charge is 0.119 e. The Morgan fingerprint density at radius 1 is 0.586 bits per heavy atom. The van der Waals surface area contributed by atoms with Gasteiger partial charge in [-0.2, -0.15) is 0 Å². The average Bonchev–Trinajstić information content (AvgIpc) is 2.74. The highest BCUT2D eigenvalue weighted by Crippen LogP contribution is 2.33. The van der Waals surface area contributed by atoms with E-state index in [2.05, 4.69) is 38.1 Å². The van der Waals surface area contributed by atoms with Crippen LogP contribution in [0.15, 0.2) is 48.5 Å². The first-order valence-corrected chi connectivity index (χ1v) is 9.92. The molecule has 0 heterocycles. The standard InChI is InChI=1S/C23H32O6/c1-23(2,19-3-7-21(8-4-19)28-17-15-26-13-11-24)20-5-9-22(10-6-20)29-18-16-27-14-12-25/h3-10,24-25H,11-18H2,1-2H3. The van der Waals surface area contributed by atoms with Crippen LogP contribution in [0.25, 0.3) is 0 Å². The van der Waals surface area contributed by atoms with Crippen molar-refractivity contribution in [3.63, 3.8) is 0 Å². The van der Waals surface area contributed by atoms with Crippen molar-refractivity contribution in [2.75, 3.05) is 52.9 Å². The van der Waals surface area contributed by atoms with Crippen molar-refractivity contribution in [3.05, 3.63) is 59.7 Å². The zero-order valence-electron chi connectivity index (χ0n) is 17.3. The Morgan fingerprint density at radius 3 is 1.31 bits per heavy atom. The maximum absolute atomic E-state index is 8.68. The van der Waals surface area contributed by atoms with Crippen molar-refractivity contribution in [3.8, 4) is 11.5 Å². The van der Waals surface area contributed by atoms with Gasteiger partial charge in [-0.3, -0.25) is 0 Å². The van der Waals surface area contributed by atoms with Crippen LogP contribution < -0.4 is 9.47 Å². The molecule has 0 atom stereocenters. The molecule has 0 bridgehead atoms. The molecular weight excluding hydrogens is 372 g/mol. The minimum absolute atomic E-state index is 0.0237. The Kier molecular flexibility index (Phi) is 9.94. The maximum Gasteiger partial charge on any atom is 0.119 e. The molecule has 2 aromatic rings. The number of rotatable bonds is 14. The number of aliphatic hydroxyl groups excluding tert-OH is 2. The van der Waals surface area contributed by atoms with E-state index in [9.17, 15) is 0 Å². The molecule has 0 aliphatic rings. The van der Waals surface area contributed by atoms with Crippen molar-refractivity contribution in [1.29, 1.82) is 0 Å². The molecule has 29 heavy (non-hydrogen) atoms. The van der Waals surface area contributed by atoms with E-state index in [-0.39, 0.29) is 18.6 Å². The lowest BCUT2D eigenvalue weighted by molar-refractivity contribution is 0.0705. The molecule has 0 unspecified atom stereocenters. The van der Waals surface area contributed by atoms with Crippen LogP contribution in [0.2, 0.25) is 0 Å². The molecule has 2 rings (SSSR count). The number of ether oxygens (including phenoxy) is 4. The van der Waals surface area contributed by atoms with E-state index in [1.165, 1.54) is 11.1 Å². The van der Waals surface area contributed by atoms with Crippen LogP contribution in [-0.4, -0.2) is 63.1 Å². The highest BCUT2D eigenvalue weighted by molar-refractivity contribution is 5.41. The first kappa shape index (κ1) is 23.2. The molecule has 160 valence electrons. The summed E-state index contributed by atoms with van der Waals surface area (Å²) in [5.74, 6) is 1.59. The summed E-state index contributed by atoms with van der Waals surface area (Å²) in [5, 5.41) is 17.4. The van der Waals surface area contributed by atoms with Crippen molar-refractivity contribution in [2.45, 2.75) is 19.3 Å². The van der Waals surface area contributed by atoms with Crippen molar-refractivity contribution in [2.24, 2.45) is 0 Å². The molecule has 0 spiro atoms. The van der Waals surface area contributed by atoms with Crippen molar-refractivity contribution < 1.29 is 29.2 Å². The van der Waals surface area contributed by atoms with Crippen LogP contribution in [0.4, 0.5) is 0 Å². The number of benzene rings is 2. The van der Waals surface area contributed by atoms with E-state index < -0.39 is 0 Å². The highest BCUT2D eigenvalue weighted by Gasteiger charge is 2.23. The molecule has 2 aromatic carbocycles. The molecule has 0 fully saturated rings. The summed E-state index contributed by atoms with van der Waals surface area (Å²) in [6.07, 6.45) is 0. The molecule has 0 aromatic heterocycles. The van der Waals surface area contributed by atoms with Gasteiger partial charge in [0.25, 0.3) is 0 Å². The van der Waals surface area contributed by atoms with Gasteiger partial charge in [-0.15, -0.1) is 0 Å². The second-order valence-corrected chi connectivity index (χ2v) is 7.04. The quantitative estimate of drug-likeness (QED) is 0.472. The minimum atomic E-state index is -0.161. The zero-order chi connectivity index (χ0) is 21.0. The summed E-state index contributed by atoms with van der Waals surface area (Å²) in [7, 11) is 0. The summed E-state index contributed by atoms with van der Waals surface area (Å²) in [5.41, 5.74) is 2.21. The van der Waals surface area contributed by atoms with Crippen molar-refractivity contribution in [1.82, 2.24) is 0 Å². The Balaban J connectivity index is 1.88. The molecular formula is C23H32O6. The third-order valence-corrected chi connectivity index (χ3v) is 4.62. The van der Waals surface area contributed by atoms with Crippen LogP contribution in [0.1, 0.15) is 25.0 Å². The Bertz CT molecular complexity index is 622. The van der Waals surface area contributed by atoms with E-state index in [0.29, 0.717) is 39.6 Å². The van der Waals surface area contributed by atoms with Gasteiger partial charge in [0.2, 0.25) is 0 Å². The Labute approximate surface area is 173 Å². The lowest BCUT2D eigenvalue weighted by Crippen LogP contribution is -2.18. The molecule has 0 saturated heterocycles. The highest BCUT2D eigenvalue weighted by atomic mass is 16.5. The first-order chi connectivity index (χ1) is 14.1. The maximum atomic E-state index is 8.68. The normalized spacial score (nSPS) is 11.4. The van der Waals surface area contributed by atoms with Gasteiger partial charge in [-0.1, -0.05) is 38.1 Å². The fourth-order valence-electron chi connectivity index (χ4n) is 2.87. The largest absolute Gasteiger partial charge is 0.491 e. The third-order valence-electron chi connectivity index (χ3n) is 4.62. The van der Waals surface area contributed by atoms with Crippen LogP contribution in [0, 0.1) is 0 Å². The van der Waals surface area contributed by atoms with Crippen LogP contribution >= 0.6 is 0 Å². The second-order valence-electron chi connectivity index (χ2n) is 7.04. The van der Waals surface area contributed by atoms with E-state index in [4.69, 9.17) is 29.2 Å². The fraction of sp³-hybridized carbons (Fsp3) is 0.478. The molecule has 6 nitrogen and oxygen atoms in total. The molecule has 2 N–H and O–H groups in total. The average molecular weight is 405 g/mol. The monoisotopic (exact) mass is 404 g/mol. The molecule has 0 aliphatic heterocycles. The van der Waals surface area contributed by atoms with E-state index >= 15 is 0 Å². The number of hydrogen-bond donors (Lipinski definition) is 2. The predicted octanol–water partition coefficient (Wildman–Crippen LogP) is 2.79. The Hall–Kier alpha value is -2.12. The molecule has 6 heteroatoms. The SMILES string of the molecule is CC(C)(c1ccc(OCCOCCO)cc1)c1ccc(OCCOCCO)cc1. The van der Waals surface area contributed by atoms with Gasteiger partial charge >= 0.3 is 0 Å². The molecule has 0 saturated carbocycles. The topological polar surface area (TPSA) is 77.4 Å². The van der Waals surface area contributed by atoms with Crippen LogP contribution in [0.5, 0.6) is 11.5 Å². The van der Waals surface area contributed by atoms with Gasteiger partial charge in [0, 0.05) is 5.41 Å². The summed E-state index contributed by atoms with van der Waals surface area (Å²) < 4.78 is 21.7. The van der Waals surface area contributed by atoms with Crippen molar-refractivity contribution >= 4 is 0 Å². The van der Waals surface area contributed by atoms with Gasteiger partial charge in [0.05, 0.1) is 39.6 Å².